The molecule has 214 valence electrons. The summed E-state index contributed by atoms with van der Waals surface area (Å²) in [6.07, 6.45) is 0. The monoisotopic (exact) mass is 577 g/mol. The number of anilines is 3. The van der Waals surface area contributed by atoms with Crippen molar-refractivity contribution in [3.63, 3.8) is 0 Å². The van der Waals surface area contributed by atoms with Crippen LogP contribution in [0.1, 0.15) is 25.0 Å². The van der Waals surface area contributed by atoms with Crippen molar-refractivity contribution in [1.29, 1.82) is 0 Å². The van der Waals surface area contributed by atoms with E-state index >= 15 is 0 Å². The fourth-order valence-corrected chi connectivity index (χ4v) is 7.44. The maximum Gasteiger partial charge on any atom is 0.159 e. The highest BCUT2D eigenvalue weighted by Gasteiger charge is 2.38. The summed E-state index contributed by atoms with van der Waals surface area (Å²) < 4.78 is 7.01. The third-order valence-electron chi connectivity index (χ3n) is 9.63. The van der Waals surface area contributed by atoms with Crippen LogP contribution >= 0.6 is 0 Å². The standard InChI is InChI=1S/C43H31NO/c1-43(2)38-17-9-8-15-34(38)35-25-26-37-36-16-10-18-39(41(36)45-42(37)40(35)43)44(32-13-4-3-5-14-32)33-23-21-29(22-24-33)31-20-19-28-11-6-7-12-30(28)27-31/h3-27H,1-2H3. The highest BCUT2D eigenvalue weighted by molar-refractivity contribution is 6.13. The summed E-state index contributed by atoms with van der Waals surface area (Å²) >= 11 is 0. The van der Waals surface area contributed by atoms with Gasteiger partial charge in [0, 0.05) is 33.1 Å². The van der Waals surface area contributed by atoms with E-state index in [9.17, 15) is 0 Å². The fraction of sp³-hybridized carbons (Fsp3) is 0.0698. The van der Waals surface area contributed by atoms with Gasteiger partial charge in [-0.25, -0.2) is 0 Å². The van der Waals surface area contributed by atoms with E-state index in [2.05, 4.69) is 170 Å². The Balaban J connectivity index is 1.22. The second kappa shape index (κ2) is 9.70. The summed E-state index contributed by atoms with van der Waals surface area (Å²) in [6.45, 7) is 4.64. The largest absolute Gasteiger partial charge is 0.453 e. The number of nitrogens with zero attached hydrogens (tertiary/aromatic N) is 1. The molecule has 0 aliphatic heterocycles. The van der Waals surface area contributed by atoms with E-state index in [4.69, 9.17) is 4.42 Å². The molecular weight excluding hydrogens is 546 g/mol. The third-order valence-corrected chi connectivity index (χ3v) is 9.63. The van der Waals surface area contributed by atoms with Gasteiger partial charge in [-0.05, 0) is 81.1 Å². The van der Waals surface area contributed by atoms with Crippen molar-refractivity contribution in [3.05, 3.63) is 163 Å². The zero-order valence-electron chi connectivity index (χ0n) is 25.3. The zero-order valence-corrected chi connectivity index (χ0v) is 25.3. The van der Waals surface area contributed by atoms with Crippen molar-refractivity contribution >= 4 is 49.8 Å². The molecule has 0 amide bonds. The summed E-state index contributed by atoms with van der Waals surface area (Å²) in [7, 11) is 0. The van der Waals surface area contributed by atoms with Crippen LogP contribution in [0.25, 0.3) is 55.0 Å². The number of hydrogen-bond donors (Lipinski definition) is 0. The quantitative estimate of drug-likeness (QED) is 0.207. The van der Waals surface area contributed by atoms with Gasteiger partial charge in [0.05, 0.1) is 5.69 Å². The van der Waals surface area contributed by atoms with Gasteiger partial charge in [-0.1, -0.05) is 123 Å². The first-order valence-corrected chi connectivity index (χ1v) is 15.6. The lowest BCUT2D eigenvalue weighted by molar-refractivity contribution is 0.620. The average Bonchev–Trinajstić information content (AvgIpc) is 3.58. The highest BCUT2D eigenvalue weighted by atomic mass is 16.3. The molecule has 2 nitrogen and oxygen atoms in total. The van der Waals surface area contributed by atoms with Crippen LogP contribution in [0.15, 0.2) is 156 Å². The molecule has 0 unspecified atom stereocenters. The van der Waals surface area contributed by atoms with E-state index in [1.54, 1.807) is 0 Å². The second-order valence-corrected chi connectivity index (χ2v) is 12.6. The van der Waals surface area contributed by atoms with Gasteiger partial charge in [-0.15, -0.1) is 0 Å². The highest BCUT2D eigenvalue weighted by Crippen LogP contribution is 2.53. The summed E-state index contributed by atoms with van der Waals surface area (Å²) in [5.74, 6) is 0. The van der Waals surface area contributed by atoms with Crippen LogP contribution in [0.2, 0.25) is 0 Å². The van der Waals surface area contributed by atoms with E-state index < -0.39 is 0 Å². The van der Waals surface area contributed by atoms with E-state index in [1.807, 2.05) is 0 Å². The third kappa shape index (κ3) is 3.89. The molecule has 1 aromatic heterocycles. The molecule has 7 aromatic carbocycles. The van der Waals surface area contributed by atoms with Gasteiger partial charge >= 0.3 is 0 Å². The van der Waals surface area contributed by atoms with E-state index in [0.29, 0.717) is 0 Å². The lowest BCUT2D eigenvalue weighted by Crippen LogP contribution is -2.15. The minimum absolute atomic E-state index is 0.156. The second-order valence-electron chi connectivity index (χ2n) is 12.6. The van der Waals surface area contributed by atoms with E-state index in [-0.39, 0.29) is 5.41 Å². The minimum atomic E-state index is -0.156. The Kier molecular flexibility index (Phi) is 5.58. The first kappa shape index (κ1) is 25.9. The van der Waals surface area contributed by atoms with Crippen molar-refractivity contribution < 1.29 is 4.42 Å². The van der Waals surface area contributed by atoms with Gasteiger partial charge in [-0.2, -0.15) is 0 Å². The molecule has 0 saturated carbocycles. The molecule has 0 saturated heterocycles. The Morgan fingerprint density at radius 2 is 1.18 bits per heavy atom. The predicted octanol–water partition coefficient (Wildman–Crippen LogP) is 12.2. The van der Waals surface area contributed by atoms with Gasteiger partial charge in [0.1, 0.15) is 5.58 Å². The van der Waals surface area contributed by atoms with E-state index in [1.165, 1.54) is 44.2 Å². The van der Waals surface area contributed by atoms with Gasteiger partial charge in [0.25, 0.3) is 0 Å². The van der Waals surface area contributed by atoms with Crippen molar-refractivity contribution in [2.45, 2.75) is 19.3 Å². The van der Waals surface area contributed by atoms with Gasteiger partial charge in [-0.3, -0.25) is 0 Å². The molecule has 45 heavy (non-hydrogen) atoms. The molecule has 9 rings (SSSR count). The number of benzene rings is 7. The first-order valence-electron chi connectivity index (χ1n) is 15.6. The summed E-state index contributed by atoms with van der Waals surface area (Å²) in [5, 5.41) is 4.79. The van der Waals surface area contributed by atoms with Crippen LogP contribution in [-0.4, -0.2) is 0 Å². The SMILES string of the molecule is CC1(C)c2ccccc2-c2ccc3c(oc4c(N(c5ccccc5)c5ccc(-c6ccc7ccccc7c6)cc5)cccc43)c21. The Hall–Kier alpha value is -5.60. The first-order chi connectivity index (χ1) is 22.1. The van der Waals surface area contributed by atoms with Crippen LogP contribution in [0.5, 0.6) is 0 Å². The summed E-state index contributed by atoms with van der Waals surface area (Å²) in [5.41, 5.74) is 12.5. The topological polar surface area (TPSA) is 16.4 Å². The maximum atomic E-state index is 7.01. The molecule has 1 aliphatic rings. The Labute approximate surface area is 262 Å². The number of fused-ring (bicyclic) bond motifs is 8. The molecule has 0 spiro atoms. The van der Waals surface area contributed by atoms with Crippen molar-refractivity contribution in [1.82, 2.24) is 0 Å². The summed E-state index contributed by atoms with van der Waals surface area (Å²) in [6, 6.07) is 54.5. The maximum absolute atomic E-state index is 7.01. The molecule has 8 aromatic rings. The van der Waals surface area contributed by atoms with E-state index in [0.717, 1.165) is 39.0 Å². The Morgan fingerprint density at radius 1 is 0.489 bits per heavy atom. The smallest absolute Gasteiger partial charge is 0.159 e. The van der Waals surface area contributed by atoms with Crippen LogP contribution in [0, 0.1) is 0 Å². The molecule has 0 bridgehead atoms. The molecule has 1 aliphatic carbocycles. The molecule has 0 N–H and O–H groups in total. The van der Waals surface area contributed by atoms with Gasteiger partial charge in [0.15, 0.2) is 5.58 Å². The number of para-hydroxylation sites is 2. The van der Waals surface area contributed by atoms with Crippen molar-refractivity contribution in [2.24, 2.45) is 0 Å². The van der Waals surface area contributed by atoms with Crippen LogP contribution in [0.4, 0.5) is 17.1 Å². The van der Waals surface area contributed by atoms with Crippen LogP contribution in [-0.2, 0) is 5.41 Å². The molecule has 0 fully saturated rings. The lowest BCUT2D eigenvalue weighted by atomic mass is 9.82. The van der Waals surface area contributed by atoms with Crippen molar-refractivity contribution in [2.75, 3.05) is 4.90 Å². The molecule has 0 atom stereocenters. The minimum Gasteiger partial charge on any atom is -0.453 e. The number of furan rings is 1. The van der Waals surface area contributed by atoms with Crippen LogP contribution in [0.3, 0.4) is 0 Å². The fourth-order valence-electron chi connectivity index (χ4n) is 7.44. The zero-order chi connectivity index (χ0) is 30.1. The molecule has 2 heteroatoms. The Morgan fingerprint density at radius 3 is 2.02 bits per heavy atom. The summed E-state index contributed by atoms with van der Waals surface area (Å²) in [4.78, 5) is 2.31. The lowest BCUT2D eigenvalue weighted by Gasteiger charge is -2.25. The average molecular weight is 578 g/mol. The molecule has 1 heterocycles. The predicted molar refractivity (Wildman–Crippen MR) is 189 cm³/mol. The molecular formula is C43H31NO. The van der Waals surface area contributed by atoms with Crippen LogP contribution < -0.4 is 4.90 Å². The van der Waals surface area contributed by atoms with Gasteiger partial charge < -0.3 is 9.32 Å². The molecule has 0 radical (unpaired) electrons. The number of rotatable bonds is 4. The Bertz CT molecular complexity index is 2400. The normalized spacial score (nSPS) is 13.3. The number of hydrogen-bond acceptors (Lipinski definition) is 2. The van der Waals surface area contributed by atoms with Crippen molar-refractivity contribution in [3.8, 4) is 22.3 Å². The van der Waals surface area contributed by atoms with Gasteiger partial charge in [0.2, 0.25) is 0 Å².